The average molecular weight is 248 g/mol. The van der Waals surface area contributed by atoms with Gasteiger partial charge in [0.25, 0.3) is 0 Å². The first-order chi connectivity index (χ1) is 8.34. The van der Waals surface area contributed by atoms with Gasteiger partial charge in [0.2, 0.25) is 0 Å². The number of carbonyl (C=O) groups is 2. The van der Waals surface area contributed by atoms with Crippen LogP contribution in [-0.2, 0) is 4.79 Å². The van der Waals surface area contributed by atoms with Gasteiger partial charge in [0, 0.05) is 17.4 Å². The molecule has 0 aromatic heterocycles. The van der Waals surface area contributed by atoms with Crippen molar-refractivity contribution >= 4 is 11.6 Å². The molecule has 18 heavy (non-hydrogen) atoms. The summed E-state index contributed by atoms with van der Waals surface area (Å²) in [6, 6.07) is 6.89. The van der Waals surface area contributed by atoms with Gasteiger partial charge in [0.15, 0.2) is 11.6 Å². The van der Waals surface area contributed by atoms with E-state index in [1.807, 2.05) is 27.7 Å². The van der Waals surface area contributed by atoms with Crippen molar-refractivity contribution in [1.29, 1.82) is 0 Å². The fourth-order valence-electron chi connectivity index (χ4n) is 1.31. The van der Waals surface area contributed by atoms with Gasteiger partial charge in [-0.2, -0.15) is 0 Å². The van der Waals surface area contributed by atoms with Gasteiger partial charge < -0.3 is 4.74 Å². The Bertz CT molecular complexity index is 424. The highest BCUT2D eigenvalue weighted by molar-refractivity contribution is 5.95. The van der Waals surface area contributed by atoms with Gasteiger partial charge in [0.1, 0.15) is 12.4 Å². The zero-order valence-corrected chi connectivity index (χ0v) is 11.4. The molecular weight excluding hydrogens is 228 g/mol. The predicted octanol–water partition coefficient (Wildman–Crippen LogP) is 3.27. The highest BCUT2D eigenvalue weighted by Crippen LogP contribution is 2.17. The maximum absolute atomic E-state index is 11.7. The summed E-state index contributed by atoms with van der Waals surface area (Å²) in [5.41, 5.74) is 0.282. The van der Waals surface area contributed by atoms with Crippen LogP contribution < -0.4 is 4.74 Å². The zero-order chi connectivity index (χ0) is 13.8. The first-order valence-electron chi connectivity index (χ1n) is 6.14. The highest BCUT2D eigenvalue weighted by Gasteiger charge is 2.21. The summed E-state index contributed by atoms with van der Waals surface area (Å²) in [6.45, 7) is 7.48. The largest absolute Gasteiger partial charge is 0.486 e. The lowest BCUT2D eigenvalue weighted by molar-refractivity contribution is -0.128. The van der Waals surface area contributed by atoms with Crippen LogP contribution in [0, 0.1) is 5.41 Å². The molecule has 0 spiro atoms. The molecule has 98 valence electrons. The molecule has 0 saturated carbocycles. The first-order valence-corrected chi connectivity index (χ1v) is 6.14. The summed E-state index contributed by atoms with van der Waals surface area (Å²) < 4.78 is 5.40. The Kier molecular flexibility index (Phi) is 4.65. The maximum Gasteiger partial charge on any atom is 0.175 e. The summed E-state index contributed by atoms with van der Waals surface area (Å²) >= 11 is 0. The Labute approximate surface area is 108 Å². The normalized spacial score (nSPS) is 11.1. The molecular formula is C15H20O3. The molecule has 1 aromatic carbocycles. The number of benzene rings is 1. The summed E-state index contributed by atoms with van der Waals surface area (Å²) in [7, 11) is 0. The van der Waals surface area contributed by atoms with Crippen LogP contribution in [0.1, 0.15) is 44.5 Å². The Morgan fingerprint density at radius 1 is 1.11 bits per heavy atom. The van der Waals surface area contributed by atoms with Crippen LogP contribution in [0.3, 0.4) is 0 Å². The molecule has 0 atom stereocenters. The molecule has 3 nitrogen and oxygen atoms in total. The number of hydrogen-bond acceptors (Lipinski definition) is 3. The molecule has 3 heteroatoms. The predicted molar refractivity (Wildman–Crippen MR) is 71.0 cm³/mol. The zero-order valence-electron chi connectivity index (χ0n) is 11.4. The second-order valence-electron chi connectivity index (χ2n) is 5.26. The van der Waals surface area contributed by atoms with Gasteiger partial charge in [0.05, 0.1) is 0 Å². The molecule has 0 N–H and O–H groups in total. The minimum Gasteiger partial charge on any atom is -0.486 e. The average Bonchev–Trinajstić information content (AvgIpc) is 2.34. The van der Waals surface area contributed by atoms with Crippen LogP contribution in [0.5, 0.6) is 5.75 Å². The molecule has 0 fully saturated rings. The number of ether oxygens (including phenoxy) is 1. The van der Waals surface area contributed by atoms with E-state index in [2.05, 4.69) is 0 Å². The lowest BCUT2D eigenvalue weighted by Crippen LogP contribution is -2.26. The molecule has 0 amide bonds. The van der Waals surface area contributed by atoms with Crippen molar-refractivity contribution in [2.24, 2.45) is 5.41 Å². The second kappa shape index (κ2) is 5.80. The number of Topliss-reactive ketones (excluding diaryl/α,β-unsaturated/α-hetero) is 2. The Hall–Kier alpha value is -1.64. The molecule has 0 bridgehead atoms. The molecule has 0 aliphatic rings. The van der Waals surface area contributed by atoms with E-state index in [1.165, 1.54) is 0 Å². The van der Waals surface area contributed by atoms with E-state index < -0.39 is 5.41 Å². The number of hydrogen-bond donors (Lipinski definition) is 0. The number of carbonyl (C=O) groups excluding carboxylic acids is 2. The first kappa shape index (κ1) is 14.4. The maximum atomic E-state index is 11.7. The molecule has 1 aromatic rings. The van der Waals surface area contributed by atoms with Crippen molar-refractivity contribution in [3.8, 4) is 5.75 Å². The lowest BCUT2D eigenvalue weighted by atomic mass is 9.91. The second-order valence-corrected chi connectivity index (χ2v) is 5.26. The highest BCUT2D eigenvalue weighted by atomic mass is 16.5. The minimum absolute atomic E-state index is 0.0520. The van der Waals surface area contributed by atoms with Crippen LogP contribution in [0.25, 0.3) is 0 Å². The Morgan fingerprint density at radius 2 is 1.67 bits per heavy atom. The third kappa shape index (κ3) is 3.99. The fraction of sp³-hybridized carbons (Fsp3) is 0.467. The monoisotopic (exact) mass is 248 g/mol. The molecule has 0 aliphatic heterocycles. The van der Waals surface area contributed by atoms with Crippen molar-refractivity contribution in [1.82, 2.24) is 0 Å². The number of ketones is 2. The number of rotatable bonds is 5. The van der Waals surface area contributed by atoms with Crippen molar-refractivity contribution in [3.63, 3.8) is 0 Å². The van der Waals surface area contributed by atoms with Crippen LogP contribution in [0.2, 0.25) is 0 Å². The SMILES string of the molecule is CCC(=O)c1ccc(OCC(=O)C(C)(C)C)cc1. The third-order valence-electron chi connectivity index (χ3n) is 2.70. The van der Waals surface area contributed by atoms with Crippen LogP contribution in [-0.4, -0.2) is 18.2 Å². The molecule has 0 aliphatic carbocycles. The van der Waals surface area contributed by atoms with E-state index >= 15 is 0 Å². The molecule has 0 saturated heterocycles. The van der Waals surface area contributed by atoms with Gasteiger partial charge in [-0.05, 0) is 24.3 Å². The van der Waals surface area contributed by atoms with Gasteiger partial charge in [-0.15, -0.1) is 0 Å². The summed E-state index contributed by atoms with van der Waals surface area (Å²) in [5, 5.41) is 0. The van der Waals surface area contributed by atoms with Crippen molar-refractivity contribution < 1.29 is 14.3 Å². The van der Waals surface area contributed by atoms with Gasteiger partial charge >= 0.3 is 0 Å². The van der Waals surface area contributed by atoms with Gasteiger partial charge in [-0.25, -0.2) is 0 Å². The van der Waals surface area contributed by atoms with E-state index in [0.717, 1.165) is 0 Å². The summed E-state index contributed by atoms with van der Waals surface area (Å²) in [4.78, 5) is 23.1. The smallest absolute Gasteiger partial charge is 0.175 e. The van der Waals surface area contributed by atoms with Gasteiger partial charge in [-0.3, -0.25) is 9.59 Å². The van der Waals surface area contributed by atoms with E-state index in [1.54, 1.807) is 24.3 Å². The van der Waals surface area contributed by atoms with E-state index in [4.69, 9.17) is 4.74 Å². The minimum atomic E-state index is -0.391. The third-order valence-corrected chi connectivity index (χ3v) is 2.70. The quantitative estimate of drug-likeness (QED) is 0.751. The fourth-order valence-corrected chi connectivity index (χ4v) is 1.31. The Balaban J connectivity index is 2.60. The summed E-state index contributed by atoms with van der Waals surface area (Å²) in [5.74, 6) is 0.767. The van der Waals surface area contributed by atoms with Gasteiger partial charge in [-0.1, -0.05) is 27.7 Å². The van der Waals surface area contributed by atoms with Crippen LogP contribution in [0.4, 0.5) is 0 Å². The van der Waals surface area contributed by atoms with Crippen LogP contribution in [0.15, 0.2) is 24.3 Å². The molecule has 1 rings (SSSR count). The molecule has 0 unspecified atom stereocenters. The molecule has 0 radical (unpaired) electrons. The van der Waals surface area contributed by atoms with E-state index in [0.29, 0.717) is 17.7 Å². The topological polar surface area (TPSA) is 43.4 Å². The van der Waals surface area contributed by atoms with Crippen molar-refractivity contribution in [2.45, 2.75) is 34.1 Å². The van der Waals surface area contributed by atoms with Crippen LogP contribution >= 0.6 is 0 Å². The van der Waals surface area contributed by atoms with Crippen molar-refractivity contribution in [2.75, 3.05) is 6.61 Å². The standard InChI is InChI=1S/C15H20O3/c1-5-13(16)11-6-8-12(9-7-11)18-10-14(17)15(2,3)4/h6-9H,5,10H2,1-4H3. The van der Waals surface area contributed by atoms with E-state index in [9.17, 15) is 9.59 Å². The lowest BCUT2D eigenvalue weighted by Gasteiger charge is -2.16. The Morgan fingerprint density at radius 3 is 2.11 bits per heavy atom. The van der Waals surface area contributed by atoms with E-state index in [-0.39, 0.29) is 18.2 Å². The van der Waals surface area contributed by atoms with Crippen molar-refractivity contribution in [3.05, 3.63) is 29.8 Å². The summed E-state index contributed by atoms with van der Waals surface area (Å²) in [6.07, 6.45) is 0.489. The molecule has 0 heterocycles.